The van der Waals surface area contributed by atoms with E-state index in [1.165, 1.54) is 29.5 Å². The third kappa shape index (κ3) is 5.88. The quantitative estimate of drug-likeness (QED) is 0.682. The summed E-state index contributed by atoms with van der Waals surface area (Å²) in [4.78, 5) is 13.8. The molecule has 2 heterocycles. The Bertz CT molecular complexity index is 700. The van der Waals surface area contributed by atoms with Gasteiger partial charge in [-0.15, -0.1) is 0 Å². The normalized spacial score (nSPS) is 24.3. The van der Waals surface area contributed by atoms with Crippen molar-refractivity contribution in [2.45, 2.75) is 72.4 Å². The van der Waals surface area contributed by atoms with E-state index in [2.05, 4.69) is 55.5 Å². The van der Waals surface area contributed by atoms with E-state index in [4.69, 9.17) is 0 Å². The molecule has 2 aliphatic heterocycles. The highest BCUT2D eigenvalue weighted by Gasteiger charge is 2.40. The van der Waals surface area contributed by atoms with Crippen LogP contribution in [0.5, 0.6) is 0 Å². The molecule has 0 aromatic heterocycles. The first-order valence-corrected chi connectivity index (χ1v) is 12.5. The number of hydrogen-bond donors (Lipinski definition) is 1. The Morgan fingerprint density at radius 2 is 2.00 bits per heavy atom. The number of nitrogens with one attached hydrogen (secondary N) is 1. The minimum atomic E-state index is 0.291. The van der Waals surface area contributed by atoms with Crippen molar-refractivity contribution in [1.29, 1.82) is 0 Å². The van der Waals surface area contributed by atoms with E-state index in [9.17, 15) is 4.79 Å². The predicted octanol–water partition coefficient (Wildman–Crippen LogP) is 5.70. The van der Waals surface area contributed by atoms with E-state index in [-0.39, 0.29) is 0 Å². The first-order chi connectivity index (χ1) is 14.0. The number of hydrogen-bond acceptors (Lipinski definition) is 4. The molecule has 3 nitrogen and oxygen atoms in total. The lowest BCUT2D eigenvalue weighted by molar-refractivity contribution is -0.114. The Labute approximate surface area is 182 Å². The van der Waals surface area contributed by atoms with E-state index >= 15 is 0 Å². The molecule has 1 fully saturated rings. The molecular weight excluding hydrogens is 376 g/mol. The molecule has 1 aromatic carbocycles. The molecule has 0 radical (unpaired) electrons. The maximum atomic E-state index is 11.2. The molecule has 4 heteroatoms. The highest BCUT2D eigenvalue weighted by molar-refractivity contribution is 7.99. The highest BCUT2D eigenvalue weighted by Crippen LogP contribution is 2.47. The maximum Gasteiger partial charge on any atom is 0.139 e. The van der Waals surface area contributed by atoms with E-state index in [0.717, 1.165) is 25.3 Å². The molecular formula is C25H40N2OS. The number of rotatable bonds is 4. The number of likely N-dealkylation sites (tertiary alicyclic amines) is 1. The number of likely N-dealkylation sites (N-methyl/N-ethyl adjacent to an activating group) is 1. The van der Waals surface area contributed by atoms with Gasteiger partial charge < -0.3 is 10.2 Å². The molecule has 0 bridgehead atoms. The van der Waals surface area contributed by atoms with E-state index in [0.29, 0.717) is 29.4 Å². The zero-order chi connectivity index (χ0) is 21.4. The van der Waals surface area contributed by atoms with Gasteiger partial charge >= 0.3 is 0 Å². The summed E-state index contributed by atoms with van der Waals surface area (Å²) in [6.07, 6.45) is 5.91. The van der Waals surface area contributed by atoms with E-state index < -0.39 is 0 Å². The minimum absolute atomic E-state index is 0.291. The topological polar surface area (TPSA) is 32.3 Å². The fraction of sp³-hybridized carbons (Fsp3) is 0.640. The molecule has 1 N–H and O–H groups in total. The number of piperidine rings is 1. The summed E-state index contributed by atoms with van der Waals surface area (Å²) < 4.78 is 0. The van der Waals surface area contributed by atoms with Crippen molar-refractivity contribution in [2.75, 3.05) is 25.1 Å². The third-order valence-electron chi connectivity index (χ3n) is 5.72. The van der Waals surface area contributed by atoms with Gasteiger partial charge in [0.25, 0.3) is 0 Å². The van der Waals surface area contributed by atoms with Crippen molar-refractivity contribution in [3.8, 4) is 0 Å². The van der Waals surface area contributed by atoms with Crippen LogP contribution in [0.2, 0.25) is 0 Å². The van der Waals surface area contributed by atoms with Crippen LogP contribution in [0.1, 0.15) is 76.5 Å². The lowest BCUT2D eigenvalue weighted by Gasteiger charge is -2.48. The molecule has 1 saturated heterocycles. The Hall–Kier alpha value is -1.26. The van der Waals surface area contributed by atoms with Gasteiger partial charge in [-0.25, -0.2) is 0 Å². The summed E-state index contributed by atoms with van der Waals surface area (Å²) in [5.41, 5.74) is 6.04. The lowest BCUT2D eigenvalue weighted by Crippen LogP contribution is -2.48. The van der Waals surface area contributed by atoms with Crippen molar-refractivity contribution >= 4 is 23.1 Å². The first kappa shape index (κ1) is 24.0. The number of Topliss-reactive ketones (excluding diaryl/α,β-unsaturated/α-hetero) is 1. The number of benzene rings is 1. The van der Waals surface area contributed by atoms with Crippen LogP contribution in [-0.2, 0) is 11.3 Å². The summed E-state index contributed by atoms with van der Waals surface area (Å²) >= 11 is 1.81. The lowest BCUT2D eigenvalue weighted by atomic mass is 9.69. The number of ketones is 1. The predicted molar refractivity (Wildman–Crippen MR) is 128 cm³/mol. The average Bonchev–Trinajstić information content (AvgIpc) is 2.71. The fourth-order valence-electron chi connectivity index (χ4n) is 4.77. The zero-order valence-corrected chi connectivity index (χ0v) is 20.1. The largest absolute Gasteiger partial charge is 0.387 e. The molecule has 4 rings (SSSR count). The molecule has 3 atom stereocenters. The van der Waals surface area contributed by atoms with Gasteiger partial charge in [-0.05, 0) is 60.7 Å². The van der Waals surface area contributed by atoms with Gasteiger partial charge in [0.15, 0.2) is 0 Å². The monoisotopic (exact) mass is 416 g/mol. The molecule has 1 aliphatic carbocycles. The molecule has 1 aromatic rings. The average molecular weight is 417 g/mol. The third-order valence-corrected chi connectivity index (χ3v) is 7.04. The molecule has 29 heavy (non-hydrogen) atoms. The number of carbonyl (C=O) groups excluding carboxylic acids is 1. The van der Waals surface area contributed by atoms with Crippen LogP contribution in [0, 0.1) is 5.92 Å². The number of carbonyl (C=O) groups is 1. The number of thioether (sulfide) groups is 1. The molecule has 0 spiro atoms. The summed E-state index contributed by atoms with van der Waals surface area (Å²) in [6, 6.07) is 7.47. The van der Waals surface area contributed by atoms with Gasteiger partial charge in [-0.1, -0.05) is 52.3 Å². The Morgan fingerprint density at radius 3 is 2.69 bits per heavy atom. The summed E-state index contributed by atoms with van der Waals surface area (Å²) in [6.45, 7) is 12.1. The Kier molecular flexibility index (Phi) is 9.78. The summed E-state index contributed by atoms with van der Waals surface area (Å²) in [7, 11) is 2.28. The Balaban J connectivity index is 0.000000551. The van der Waals surface area contributed by atoms with Crippen LogP contribution in [0.3, 0.4) is 0 Å². The van der Waals surface area contributed by atoms with Crippen molar-refractivity contribution in [2.24, 2.45) is 5.92 Å². The van der Waals surface area contributed by atoms with E-state index in [1.807, 2.05) is 25.6 Å². The summed E-state index contributed by atoms with van der Waals surface area (Å²) in [5.74, 6) is 3.37. The maximum absolute atomic E-state index is 11.2. The van der Waals surface area contributed by atoms with Crippen molar-refractivity contribution in [3.63, 3.8) is 0 Å². The smallest absolute Gasteiger partial charge is 0.139 e. The molecule has 3 unspecified atom stereocenters. The van der Waals surface area contributed by atoms with Crippen LogP contribution in [-0.4, -0.2) is 41.8 Å². The van der Waals surface area contributed by atoms with Crippen LogP contribution in [0.4, 0.5) is 0 Å². The second-order valence-electron chi connectivity index (χ2n) is 8.28. The van der Waals surface area contributed by atoms with Crippen molar-refractivity contribution in [1.82, 2.24) is 10.2 Å². The standard InChI is InChI=1S/C20H26N2OS.C3H8.C2H6/c1-13(23)11-24-12-14-6-18-17-5-3-4-15-8-21-9-16(20(15)17)7-19(18)22(2)10-14;1-3-2;1-2/h3-5,9,14,18-19,21H,6-8,10-12H2,1-2H3;3H2,1-2H3;1-2H3. The van der Waals surface area contributed by atoms with Gasteiger partial charge in [0.1, 0.15) is 5.78 Å². The SMILES string of the molecule is CC.CC(=O)CSCC1CC2c3cccc4c3C(=CNC4)CC2N(C)C1.CCC. The molecule has 3 aliphatic rings. The number of fused-ring (bicyclic) bond motifs is 2. The van der Waals surface area contributed by atoms with Gasteiger partial charge in [0, 0.05) is 31.2 Å². The second-order valence-corrected chi connectivity index (χ2v) is 9.31. The van der Waals surface area contributed by atoms with Crippen molar-refractivity contribution < 1.29 is 4.79 Å². The summed E-state index contributed by atoms with van der Waals surface area (Å²) in [5, 5.41) is 3.44. The van der Waals surface area contributed by atoms with Crippen LogP contribution in [0.25, 0.3) is 5.57 Å². The van der Waals surface area contributed by atoms with Crippen LogP contribution < -0.4 is 5.32 Å². The molecule has 0 saturated carbocycles. The highest BCUT2D eigenvalue weighted by atomic mass is 32.2. The first-order valence-electron chi connectivity index (χ1n) is 11.4. The van der Waals surface area contributed by atoms with Crippen LogP contribution >= 0.6 is 11.8 Å². The molecule has 0 amide bonds. The van der Waals surface area contributed by atoms with E-state index in [1.54, 1.807) is 12.5 Å². The van der Waals surface area contributed by atoms with Gasteiger partial charge in [0.05, 0.1) is 5.75 Å². The fourth-order valence-corrected chi connectivity index (χ4v) is 5.75. The molecule has 162 valence electrons. The minimum Gasteiger partial charge on any atom is -0.387 e. The van der Waals surface area contributed by atoms with Crippen molar-refractivity contribution in [3.05, 3.63) is 41.1 Å². The van der Waals surface area contributed by atoms with Gasteiger partial charge in [0.2, 0.25) is 0 Å². The van der Waals surface area contributed by atoms with Gasteiger partial charge in [-0.3, -0.25) is 4.79 Å². The Morgan fingerprint density at radius 1 is 1.28 bits per heavy atom. The van der Waals surface area contributed by atoms with Gasteiger partial charge in [-0.2, -0.15) is 11.8 Å². The second kappa shape index (κ2) is 11.8. The zero-order valence-electron chi connectivity index (χ0n) is 19.3. The van der Waals surface area contributed by atoms with Crippen LogP contribution in [0.15, 0.2) is 24.4 Å². The number of nitrogens with zero attached hydrogens (tertiary/aromatic N) is 1.